The van der Waals surface area contributed by atoms with Gasteiger partial charge in [0.15, 0.2) is 5.82 Å². The summed E-state index contributed by atoms with van der Waals surface area (Å²) in [6, 6.07) is 0. The largest absolute Gasteiger partial charge is 0.465 e. The molecule has 2 aromatic rings. The number of rotatable bonds is 2. The highest BCUT2D eigenvalue weighted by Gasteiger charge is 2.16. The number of carbonyl (C=O) groups is 1. The molecule has 0 N–H and O–H groups in total. The fourth-order valence-corrected chi connectivity index (χ4v) is 1.48. The zero-order chi connectivity index (χ0) is 13.1. The Morgan fingerprint density at radius 2 is 2.28 bits per heavy atom. The van der Waals surface area contributed by atoms with Gasteiger partial charge in [-0.25, -0.2) is 9.18 Å². The maximum atomic E-state index is 13.4. The van der Waals surface area contributed by atoms with Crippen molar-refractivity contribution in [2.24, 2.45) is 5.11 Å². The van der Waals surface area contributed by atoms with Crippen LogP contribution >= 0.6 is 0 Å². The normalized spacial score (nSPS) is 9.89. The predicted molar refractivity (Wildman–Crippen MR) is 59.6 cm³/mol. The van der Waals surface area contributed by atoms with E-state index in [-0.39, 0.29) is 22.2 Å². The summed E-state index contributed by atoms with van der Waals surface area (Å²) in [5.41, 5.74) is 8.37. The summed E-state index contributed by atoms with van der Waals surface area (Å²) in [6.07, 6.45) is 3.34. The van der Waals surface area contributed by atoms with Gasteiger partial charge in [0.2, 0.25) is 0 Å². The Morgan fingerprint density at radius 1 is 1.50 bits per heavy atom. The van der Waals surface area contributed by atoms with E-state index in [0.717, 1.165) is 12.4 Å². The molecule has 0 atom stereocenters. The first-order valence-electron chi connectivity index (χ1n) is 4.74. The first-order chi connectivity index (χ1) is 8.69. The van der Waals surface area contributed by atoms with Crippen LogP contribution in [0.5, 0.6) is 0 Å². The second-order valence-electron chi connectivity index (χ2n) is 3.22. The molecule has 0 bridgehead atoms. The van der Waals surface area contributed by atoms with Crippen LogP contribution in [0.3, 0.4) is 0 Å². The van der Waals surface area contributed by atoms with Crippen molar-refractivity contribution in [1.82, 2.24) is 9.97 Å². The number of halogens is 1. The number of aromatic nitrogens is 2. The minimum absolute atomic E-state index is 0.0277. The number of hydrogen-bond donors (Lipinski definition) is 0. The van der Waals surface area contributed by atoms with Gasteiger partial charge in [-0.3, -0.25) is 9.97 Å². The molecule has 0 radical (unpaired) electrons. The molecule has 0 aliphatic rings. The molecular formula is C10H6FN5O2. The van der Waals surface area contributed by atoms with Crippen LogP contribution in [0.2, 0.25) is 0 Å². The standard InChI is InChI=1S/C10H6FN5O2/c1-18-10(17)6-3-14-9-5(8(6)15-16-12)2-13-4-7(9)11/h2-4H,1H3. The van der Waals surface area contributed by atoms with Gasteiger partial charge < -0.3 is 4.74 Å². The molecule has 0 amide bonds. The van der Waals surface area contributed by atoms with Crippen LogP contribution in [-0.4, -0.2) is 23.0 Å². The van der Waals surface area contributed by atoms with Gasteiger partial charge in [0.25, 0.3) is 0 Å². The Morgan fingerprint density at radius 3 is 2.94 bits per heavy atom. The van der Waals surface area contributed by atoms with Gasteiger partial charge in [0.05, 0.1) is 24.6 Å². The van der Waals surface area contributed by atoms with E-state index in [0.29, 0.717) is 0 Å². The summed E-state index contributed by atoms with van der Waals surface area (Å²) >= 11 is 0. The highest BCUT2D eigenvalue weighted by atomic mass is 19.1. The van der Waals surface area contributed by atoms with E-state index in [2.05, 4.69) is 24.7 Å². The van der Waals surface area contributed by atoms with Crippen LogP contribution in [0.25, 0.3) is 21.3 Å². The SMILES string of the molecule is COC(=O)c1cnc2c(F)cncc2c1N=[N+]=[N-]. The lowest BCUT2D eigenvalue weighted by atomic mass is 10.1. The number of carbonyl (C=O) groups excluding carboxylic acids is 1. The maximum Gasteiger partial charge on any atom is 0.339 e. The quantitative estimate of drug-likeness (QED) is 0.352. The second kappa shape index (κ2) is 4.64. The number of fused-ring (bicyclic) bond motifs is 1. The third-order valence-electron chi connectivity index (χ3n) is 2.26. The summed E-state index contributed by atoms with van der Waals surface area (Å²) in [4.78, 5) is 21.5. The molecule has 2 heterocycles. The molecule has 2 aromatic heterocycles. The summed E-state index contributed by atoms with van der Waals surface area (Å²) in [5.74, 6) is -1.39. The van der Waals surface area contributed by atoms with E-state index < -0.39 is 11.8 Å². The Bertz CT molecular complexity index is 681. The average molecular weight is 247 g/mol. The zero-order valence-electron chi connectivity index (χ0n) is 9.16. The van der Waals surface area contributed by atoms with Crippen molar-refractivity contribution < 1.29 is 13.9 Å². The molecule has 0 unspecified atom stereocenters. The van der Waals surface area contributed by atoms with E-state index in [1.807, 2.05) is 0 Å². The Hall–Kier alpha value is -2.73. The first kappa shape index (κ1) is 11.7. The molecule has 0 aliphatic heterocycles. The minimum Gasteiger partial charge on any atom is -0.465 e. The third kappa shape index (κ3) is 1.80. The van der Waals surface area contributed by atoms with Gasteiger partial charge >= 0.3 is 5.97 Å². The summed E-state index contributed by atoms with van der Waals surface area (Å²) < 4.78 is 18.0. The third-order valence-corrected chi connectivity index (χ3v) is 2.26. The molecule has 0 spiro atoms. The number of esters is 1. The number of hydrogen-bond acceptors (Lipinski definition) is 5. The van der Waals surface area contributed by atoms with Gasteiger partial charge in [-0.05, 0) is 5.53 Å². The van der Waals surface area contributed by atoms with Gasteiger partial charge in [0, 0.05) is 22.7 Å². The Labute approximate surface area is 99.9 Å². The Kier molecular flexibility index (Phi) is 3.03. The summed E-state index contributed by atoms with van der Waals surface area (Å²) in [6.45, 7) is 0. The Balaban J connectivity index is 2.87. The number of ether oxygens (including phenoxy) is 1. The molecular weight excluding hydrogens is 241 g/mol. The van der Waals surface area contributed by atoms with Crippen molar-refractivity contribution >= 4 is 22.6 Å². The molecule has 0 aliphatic carbocycles. The lowest BCUT2D eigenvalue weighted by molar-refractivity contribution is 0.0601. The van der Waals surface area contributed by atoms with Crippen molar-refractivity contribution in [3.63, 3.8) is 0 Å². The molecule has 90 valence electrons. The molecule has 0 saturated carbocycles. The fourth-order valence-electron chi connectivity index (χ4n) is 1.48. The van der Waals surface area contributed by atoms with Crippen LogP contribution in [0, 0.1) is 5.82 Å². The minimum atomic E-state index is -0.726. The van der Waals surface area contributed by atoms with Gasteiger partial charge in [0.1, 0.15) is 5.52 Å². The second-order valence-corrected chi connectivity index (χ2v) is 3.22. The van der Waals surface area contributed by atoms with Gasteiger partial charge in [-0.15, -0.1) is 0 Å². The van der Waals surface area contributed by atoms with E-state index in [4.69, 9.17) is 5.53 Å². The predicted octanol–water partition coefficient (Wildman–Crippen LogP) is 2.50. The topological polar surface area (TPSA) is 101 Å². The maximum absolute atomic E-state index is 13.4. The number of methoxy groups -OCH3 is 1. The van der Waals surface area contributed by atoms with Gasteiger partial charge in [-0.1, -0.05) is 5.11 Å². The van der Waals surface area contributed by atoms with E-state index in [1.165, 1.54) is 13.3 Å². The number of nitrogens with zero attached hydrogens (tertiary/aromatic N) is 5. The van der Waals surface area contributed by atoms with Crippen LogP contribution in [0.1, 0.15) is 10.4 Å². The molecule has 8 heteroatoms. The van der Waals surface area contributed by atoms with Crippen LogP contribution in [0.15, 0.2) is 23.7 Å². The van der Waals surface area contributed by atoms with Crippen molar-refractivity contribution in [3.8, 4) is 0 Å². The summed E-state index contributed by atoms with van der Waals surface area (Å²) in [7, 11) is 1.18. The van der Waals surface area contributed by atoms with Crippen LogP contribution in [0.4, 0.5) is 10.1 Å². The van der Waals surface area contributed by atoms with Crippen molar-refractivity contribution in [2.75, 3.05) is 7.11 Å². The zero-order valence-corrected chi connectivity index (χ0v) is 9.16. The van der Waals surface area contributed by atoms with Crippen molar-refractivity contribution in [1.29, 1.82) is 0 Å². The summed E-state index contributed by atoms with van der Waals surface area (Å²) in [5, 5.41) is 3.53. The van der Waals surface area contributed by atoms with E-state index >= 15 is 0 Å². The van der Waals surface area contributed by atoms with E-state index in [9.17, 15) is 9.18 Å². The highest BCUT2D eigenvalue weighted by Crippen LogP contribution is 2.29. The number of pyridine rings is 2. The molecule has 0 fully saturated rings. The van der Waals surface area contributed by atoms with Crippen LogP contribution < -0.4 is 0 Å². The average Bonchev–Trinajstić information content (AvgIpc) is 2.39. The molecule has 2 rings (SSSR count). The molecule has 7 nitrogen and oxygen atoms in total. The van der Waals surface area contributed by atoms with Gasteiger partial charge in [-0.2, -0.15) is 0 Å². The van der Waals surface area contributed by atoms with Crippen LogP contribution in [-0.2, 0) is 4.74 Å². The lowest BCUT2D eigenvalue weighted by Crippen LogP contribution is -2.03. The monoisotopic (exact) mass is 247 g/mol. The van der Waals surface area contributed by atoms with Crippen molar-refractivity contribution in [2.45, 2.75) is 0 Å². The molecule has 0 aromatic carbocycles. The smallest absolute Gasteiger partial charge is 0.339 e. The fraction of sp³-hybridized carbons (Fsp3) is 0.100. The number of azide groups is 1. The van der Waals surface area contributed by atoms with Crippen molar-refractivity contribution in [3.05, 3.63) is 40.4 Å². The highest BCUT2D eigenvalue weighted by molar-refractivity contribution is 6.03. The molecule has 18 heavy (non-hydrogen) atoms. The lowest BCUT2D eigenvalue weighted by Gasteiger charge is -2.06. The first-order valence-corrected chi connectivity index (χ1v) is 4.74. The van der Waals surface area contributed by atoms with E-state index in [1.54, 1.807) is 0 Å². The molecule has 0 saturated heterocycles.